The van der Waals surface area contributed by atoms with Crippen LogP contribution in [0.15, 0.2) is 18.2 Å². The molecule has 1 aromatic rings. The van der Waals surface area contributed by atoms with Crippen LogP contribution in [0.4, 0.5) is 5.82 Å². The Morgan fingerprint density at radius 2 is 2.00 bits per heavy atom. The average Bonchev–Trinajstić information content (AvgIpc) is 2.35. The molecule has 0 radical (unpaired) electrons. The van der Waals surface area contributed by atoms with Crippen LogP contribution in [0, 0.1) is 0 Å². The average molecular weight is 249 g/mol. The second kappa shape index (κ2) is 6.19. The molecule has 0 spiro atoms. The van der Waals surface area contributed by atoms with Crippen molar-refractivity contribution in [2.24, 2.45) is 0 Å². The first-order valence-corrected chi connectivity index (χ1v) is 6.80. The van der Waals surface area contributed by atoms with Gasteiger partial charge in [0, 0.05) is 25.2 Å². The number of rotatable bonds is 6. The highest BCUT2D eigenvalue weighted by atomic mass is 15.2. The van der Waals surface area contributed by atoms with Gasteiger partial charge in [0.1, 0.15) is 5.82 Å². The number of nitrogens with zero attached hydrogens (tertiary/aromatic N) is 2. The Hall–Kier alpha value is -1.09. The van der Waals surface area contributed by atoms with Crippen molar-refractivity contribution >= 4 is 5.82 Å². The lowest BCUT2D eigenvalue weighted by atomic mass is 10.00. The highest BCUT2D eigenvalue weighted by molar-refractivity contribution is 5.41. The maximum Gasteiger partial charge on any atom is 0.129 e. The molecule has 0 aliphatic rings. The molecule has 18 heavy (non-hydrogen) atoms. The maximum absolute atomic E-state index is 4.72. The molecule has 0 atom stereocenters. The van der Waals surface area contributed by atoms with E-state index in [-0.39, 0.29) is 5.54 Å². The van der Waals surface area contributed by atoms with E-state index in [1.165, 1.54) is 0 Å². The minimum atomic E-state index is 0.136. The van der Waals surface area contributed by atoms with Crippen LogP contribution < -0.4 is 10.2 Å². The molecule has 0 unspecified atom stereocenters. The summed E-state index contributed by atoms with van der Waals surface area (Å²) in [5, 5.41) is 3.40. The molecule has 0 bridgehead atoms. The van der Waals surface area contributed by atoms with Crippen LogP contribution in [0.3, 0.4) is 0 Å². The molecule has 102 valence electrons. The molecule has 0 amide bonds. The summed E-state index contributed by atoms with van der Waals surface area (Å²) in [6.07, 6.45) is 1.10. The third-order valence-electron chi connectivity index (χ3n) is 3.60. The molecule has 1 N–H and O–H groups in total. The molecule has 0 saturated carbocycles. The smallest absolute Gasteiger partial charge is 0.129 e. The van der Waals surface area contributed by atoms with Crippen LogP contribution in [-0.2, 0) is 6.54 Å². The predicted octanol–water partition coefficient (Wildman–Crippen LogP) is 3.20. The number of aromatic nitrogens is 1. The zero-order valence-corrected chi connectivity index (χ0v) is 12.6. The zero-order chi connectivity index (χ0) is 13.8. The number of pyridine rings is 1. The molecule has 1 rings (SSSR count). The molecular weight excluding hydrogens is 222 g/mol. The van der Waals surface area contributed by atoms with Gasteiger partial charge in [0.2, 0.25) is 0 Å². The van der Waals surface area contributed by atoms with Gasteiger partial charge in [-0.3, -0.25) is 0 Å². The van der Waals surface area contributed by atoms with Crippen molar-refractivity contribution in [1.82, 2.24) is 10.3 Å². The fourth-order valence-electron chi connectivity index (χ4n) is 1.61. The van der Waals surface area contributed by atoms with Crippen molar-refractivity contribution in [2.45, 2.75) is 59.2 Å². The van der Waals surface area contributed by atoms with Crippen molar-refractivity contribution in [2.75, 3.05) is 11.9 Å². The van der Waals surface area contributed by atoms with E-state index in [9.17, 15) is 0 Å². The van der Waals surface area contributed by atoms with Crippen LogP contribution in [0.5, 0.6) is 0 Å². The van der Waals surface area contributed by atoms with E-state index >= 15 is 0 Å². The zero-order valence-electron chi connectivity index (χ0n) is 12.6. The quantitative estimate of drug-likeness (QED) is 0.839. The summed E-state index contributed by atoms with van der Waals surface area (Å²) in [6.45, 7) is 11.8. The summed E-state index contributed by atoms with van der Waals surface area (Å²) < 4.78 is 0. The summed E-state index contributed by atoms with van der Waals surface area (Å²) in [5.74, 6) is 1.05. The highest BCUT2D eigenvalue weighted by Crippen LogP contribution is 2.22. The van der Waals surface area contributed by atoms with Gasteiger partial charge in [0.15, 0.2) is 0 Å². The predicted molar refractivity (Wildman–Crippen MR) is 79.0 cm³/mol. The van der Waals surface area contributed by atoms with Gasteiger partial charge in [-0.1, -0.05) is 26.8 Å². The first kappa shape index (κ1) is 15.0. The van der Waals surface area contributed by atoms with Crippen LogP contribution >= 0.6 is 0 Å². The Bertz CT molecular complexity index is 372. The molecule has 1 heterocycles. The summed E-state index contributed by atoms with van der Waals surface area (Å²) in [5.41, 5.74) is 1.23. The molecular formula is C15H27N3. The second-order valence-corrected chi connectivity index (χ2v) is 5.75. The topological polar surface area (TPSA) is 28.2 Å². The van der Waals surface area contributed by atoms with Crippen molar-refractivity contribution in [3.05, 3.63) is 23.9 Å². The van der Waals surface area contributed by atoms with E-state index in [4.69, 9.17) is 4.98 Å². The van der Waals surface area contributed by atoms with Crippen LogP contribution in [0.2, 0.25) is 0 Å². The summed E-state index contributed by atoms with van der Waals surface area (Å²) in [4.78, 5) is 6.98. The van der Waals surface area contributed by atoms with Gasteiger partial charge in [-0.15, -0.1) is 0 Å². The van der Waals surface area contributed by atoms with Gasteiger partial charge in [-0.05, 0) is 32.4 Å². The number of anilines is 1. The molecule has 3 nitrogen and oxygen atoms in total. The Morgan fingerprint density at radius 1 is 1.33 bits per heavy atom. The monoisotopic (exact) mass is 249 g/mol. The first-order valence-electron chi connectivity index (χ1n) is 6.80. The van der Waals surface area contributed by atoms with Crippen molar-refractivity contribution in [3.63, 3.8) is 0 Å². The van der Waals surface area contributed by atoms with Crippen LogP contribution in [0.1, 0.15) is 46.7 Å². The van der Waals surface area contributed by atoms with Crippen molar-refractivity contribution in [3.8, 4) is 0 Å². The Labute approximate surface area is 112 Å². The van der Waals surface area contributed by atoms with E-state index in [0.29, 0.717) is 6.04 Å². The number of nitrogens with one attached hydrogen (secondary N) is 1. The molecule has 0 fully saturated rings. The van der Waals surface area contributed by atoms with Gasteiger partial charge in [-0.25, -0.2) is 4.98 Å². The number of hydrogen-bond acceptors (Lipinski definition) is 3. The van der Waals surface area contributed by atoms with E-state index < -0.39 is 0 Å². The maximum atomic E-state index is 4.72. The summed E-state index contributed by atoms with van der Waals surface area (Å²) in [6, 6.07) is 6.73. The molecule has 0 aromatic carbocycles. The third kappa shape index (κ3) is 3.98. The lowest BCUT2D eigenvalue weighted by molar-refractivity contribution is 0.466. The molecule has 3 heteroatoms. The highest BCUT2D eigenvalue weighted by Gasteiger charge is 2.22. The normalized spacial score (nSPS) is 11.9. The van der Waals surface area contributed by atoms with E-state index in [1.54, 1.807) is 0 Å². The fraction of sp³-hybridized carbons (Fsp3) is 0.667. The standard InChI is InChI=1S/C15H27N3/c1-7-15(4,5)18(6)14-10-8-9-13(17-14)11-16-12(2)3/h8-10,12,16H,7,11H2,1-6H3. The SMILES string of the molecule is CCC(C)(C)N(C)c1cccc(CNC(C)C)n1. The second-order valence-electron chi connectivity index (χ2n) is 5.75. The lowest BCUT2D eigenvalue weighted by Gasteiger charge is -2.36. The fourth-order valence-corrected chi connectivity index (χ4v) is 1.61. The molecule has 0 saturated heterocycles. The minimum absolute atomic E-state index is 0.136. The van der Waals surface area contributed by atoms with E-state index in [2.05, 4.69) is 70.1 Å². The van der Waals surface area contributed by atoms with E-state index in [1.807, 2.05) is 0 Å². The summed E-state index contributed by atoms with van der Waals surface area (Å²) in [7, 11) is 2.12. The number of hydrogen-bond donors (Lipinski definition) is 1. The van der Waals surface area contributed by atoms with Crippen LogP contribution in [-0.4, -0.2) is 23.6 Å². The van der Waals surface area contributed by atoms with Crippen LogP contribution in [0.25, 0.3) is 0 Å². The first-order chi connectivity index (χ1) is 8.36. The summed E-state index contributed by atoms with van der Waals surface area (Å²) >= 11 is 0. The lowest BCUT2D eigenvalue weighted by Crippen LogP contribution is -2.41. The van der Waals surface area contributed by atoms with Gasteiger partial charge >= 0.3 is 0 Å². The largest absolute Gasteiger partial charge is 0.355 e. The minimum Gasteiger partial charge on any atom is -0.355 e. The molecule has 1 aromatic heterocycles. The molecule has 0 aliphatic carbocycles. The third-order valence-corrected chi connectivity index (χ3v) is 3.60. The molecule has 0 aliphatic heterocycles. The van der Waals surface area contributed by atoms with E-state index in [0.717, 1.165) is 24.5 Å². The van der Waals surface area contributed by atoms with Gasteiger partial charge in [0.25, 0.3) is 0 Å². The Balaban J connectivity index is 2.81. The van der Waals surface area contributed by atoms with Gasteiger partial charge < -0.3 is 10.2 Å². The van der Waals surface area contributed by atoms with Gasteiger partial charge in [-0.2, -0.15) is 0 Å². The van der Waals surface area contributed by atoms with Crippen molar-refractivity contribution < 1.29 is 0 Å². The van der Waals surface area contributed by atoms with Gasteiger partial charge in [0.05, 0.1) is 5.69 Å². The van der Waals surface area contributed by atoms with Crippen molar-refractivity contribution in [1.29, 1.82) is 0 Å². The Morgan fingerprint density at radius 3 is 2.56 bits per heavy atom. The Kier molecular flexibility index (Phi) is 5.15.